The van der Waals surface area contributed by atoms with Gasteiger partial charge >= 0.3 is 0 Å². The number of sulfonamides is 1. The van der Waals surface area contributed by atoms with Crippen molar-refractivity contribution in [1.82, 2.24) is 9.71 Å². The molecule has 2 aromatic rings. The van der Waals surface area contributed by atoms with Crippen molar-refractivity contribution in [3.63, 3.8) is 0 Å². The molecule has 1 N–H and O–H groups in total. The number of pyridine rings is 1. The number of hydrogen-bond acceptors (Lipinski definition) is 4. The van der Waals surface area contributed by atoms with E-state index in [-0.39, 0.29) is 23.4 Å². The molecule has 126 valence electrons. The summed E-state index contributed by atoms with van der Waals surface area (Å²) in [4.78, 5) is 17.6. The molecule has 0 saturated carbocycles. The minimum atomic E-state index is -3.62. The molecular weight excluding hydrogens is 326 g/mol. The van der Waals surface area contributed by atoms with Crippen LogP contribution in [-0.4, -0.2) is 25.4 Å². The Morgan fingerprint density at radius 2 is 2.17 bits per heavy atom. The van der Waals surface area contributed by atoms with E-state index in [4.69, 9.17) is 0 Å². The van der Waals surface area contributed by atoms with Gasteiger partial charge < -0.3 is 4.90 Å². The van der Waals surface area contributed by atoms with Gasteiger partial charge in [-0.1, -0.05) is 6.07 Å². The molecular formula is C17H19N3O3S. The fraction of sp³-hybridized carbons (Fsp3) is 0.294. The minimum absolute atomic E-state index is 0.0356. The maximum atomic E-state index is 12.5. The van der Waals surface area contributed by atoms with Crippen molar-refractivity contribution in [1.29, 1.82) is 0 Å². The van der Waals surface area contributed by atoms with Gasteiger partial charge in [0.2, 0.25) is 15.9 Å². The second-order valence-corrected chi connectivity index (χ2v) is 7.69. The number of nitrogens with zero attached hydrogens (tertiary/aromatic N) is 2. The molecule has 0 saturated heterocycles. The quantitative estimate of drug-likeness (QED) is 0.917. The fourth-order valence-electron chi connectivity index (χ4n) is 3.02. The molecule has 1 amide bonds. The fourth-order valence-corrected chi connectivity index (χ4v) is 4.09. The summed E-state index contributed by atoms with van der Waals surface area (Å²) in [5.41, 5.74) is 2.46. The van der Waals surface area contributed by atoms with Crippen LogP contribution in [0.15, 0.2) is 47.6 Å². The number of hydrogen-bond donors (Lipinski definition) is 1. The highest BCUT2D eigenvalue weighted by Gasteiger charge is 2.30. The van der Waals surface area contributed by atoms with E-state index >= 15 is 0 Å². The van der Waals surface area contributed by atoms with Gasteiger partial charge in [-0.25, -0.2) is 13.1 Å². The maximum absolute atomic E-state index is 12.5. The number of fused-ring (bicyclic) bond motifs is 1. The number of rotatable bonds is 4. The molecule has 1 aliphatic rings. The molecule has 0 aliphatic carbocycles. The molecule has 0 bridgehead atoms. The zero-order valence-electron chi connectivity index (χ0n) is 13.6. The van der Waals surface area contributed by atoms with Crippen LogP contribution in [0.5, 0.6) is 0 Å². The van der Waals surface area contributed by atoms with Crippen LogP contribution in [0.3, 0.4) is 0 Å². The first-order valence-corrected chi connectivity index (χ1v) is 9.18. The van der Waals surface area contributed by atoms with Gasteiger partial charge in [-0.05, 0) is 48.7 Å². The Balaban J connectivity index is 1.83. The van der Waals surface area contributed by atoms with E-state index in [1.165, 1.54) is 6.92 Å². The summed E-state index contributed by atoms with van der Waals surface area (Å²) >= 11 is 0. The predicted octanol–water partition coefficient (Wildman–Crippen LogP) is 1.86. The van der Waals surface area contributed by atoms with Crippen molar-refractivity contribution in [2.24, 2.45) is 0 Å². The van der Waals surface area contributed by atoms with Crippen LogP contribution < -0.4 is 9.62 Å². The SMILES string of the molecule is CC(=O)N1c2ccc(S(=O)(=O)NCc3cccnc3)cc2CC1C. The van der Waals surface area contributed by atoms with Gasteiger partial charge in [0.1, 0.15) is 0 Å². The minimum Gasteiger partial charge on any atom is -0.309 e. The van der Waals surface area contributed by atoms with Gasteiger partial charge in [-0.15, -0.1) is 0 Å². The Hall–Kier alpha value is -2.25. The molecule has 0 spiro atoms. The molecule has 2 heterocycles. The van der Waals surface area contributed by atoms with E-state index < -0.39 is 10.0 Å². The summed E-state index contributed by atoms with van der Waals surface area (Å²) < 4.78 is 27.6. The van der Waals surface area contributed by atoms with Gasteiger partial charge in [0.25, 0.3) is 0 Å². The van der Waals surface area contributed by atoms with E-state index in [9.17, 15) is 13.2 Å². The molecule has 0 fully saturated rings. The van der Waals surface area contributed by atoms with Gasteiger partial charge in [-0.2, -0.15) is 0 Å². The second-order valence-electron chi connectivity index (χ2n) is 5.92. The first kappa shape index (κ1) is 16.6. The van der Waals surface area contributed by atoms with E-state index in [2.05, 4.69) is 9.71 Å². The number of anilines is 1. The lowest BCUT2D eigenvalue weighted by Gasteiger charge is -2.20. The molecule has 1 aromatic carbocycles. The average molecular weight is 345 g/mol. The highest BCUT2D eigenvalue weighted by Crippen LogP contribution is 2.33. The van der Waals surface area contributed by atoms with Crippen LogP contribution in [0.4, 0.5) is 5.69 Å². The highest BCUT2D eigenvalue weighted by atomic mass is 32.2. The largest absolute Gasteiger partial charge is 0.309 e. The van der Waals surface area contributed by atoms with Crippen LogP contribution >= 0.6 is 0 Å². The molecule has 7 heteroatoms. The highest BCUT2D eigenvalue weighted by molar-refractivity contribution is 7.89. The summed E-state index contributed by atoms with van der Waals surface area (Å²) in [7, 11) is -3.62. The lowest BCUT2D eigenvalue weighted by Crippen LogP contribution is -2.33. The Morgan fingerprint density at radius 3 is 2.83 bits per heavy atom. The number of benzene rings is 1. The number of carbonyl (C=O) groups excluding carboxylic acids is 1. The third-order valence-electron chi connectivity index (χ3n) is 4.11. The van der Waals surface area contributed by atoms with Gasteiger partial charge in [0.15, 0.2) is 0 Å². The molecule has 6 nitrogen and oxygen atoms in total. The molecule has 0 radical (unpaired) electrons. The number of aromatic nitrogens is 1. The van der Waals surface area contributed by atoms with Crippen LogP contribution in [0.2, 0.25) is 0 Å². The van der Waals surface area contributed by atoms with E-state index in [1.54, 1.807) is 41.6 Å². The summed E-state index contributed by atoms with van der Waals surface area (Å²) in [6.07, 6.45) is 3.92. The molecule has 24 heavy (non-hydrogen) atoms. The topological polar surface area (TPSA) is 79.4 Å². The van der Waals surface area contributed by atoms with Crippen molar-refractivity contribution in [3.8, 4) is 0 Å². The number of amides is 1. The van der Waals surface area contributed by atoms with E-state index in [0.717, 1.165) is 16.8 Å². The normalized spacial score (nSPS) is 16.9. The number of nitrogens with one attached hydrogen (secondary N) is 1. The Morgan fingerprint density at radius 1 is 1.38 bits per heavy atom. The van der Waals surface area contributed by atoms with Crippen molar-refractivity contribution < 1.29 is 13.2 Å². The first-order chi connectivity index (χ1) is 11.4. The van der Waals surface area contributed by atoms with Crippen molar-refractivity contribution in [2.75, 3.05) is 4.90 Å². The summed E-state index contributed by atoms with van der Waals surface area (Å²) in [5, 5.41) is 0. The lowest BCUT2D eigenvalue weighted by molar-refractivity contribution is -0.116. The zero-order valence-corrected chi connectivity index (χ0v) is 14.4. The van der Waals surface area contributed by atoms with Crippen LogP contribution in [0.1, 0.15) is 25.0 Å². The Labute approximate surface area is 141 Å². The van der Waals surface area contributed by atoms with Crippen molar-refractivity contribution in [2.45, 2.75) is 37.8 Å². The van der Waals surface area contributed by atoms with Gasteiger partial charge in [0.05, 0.1) is 4.90 Å². The summed E-state index contributed by atoms with van der Waals surface area (Å²) in [5.74, 6) is -0.0356. The van der Waals surface area contributed by atoms with E-state index in [1.807, 2.05) is 13.0 Å². The maximum Gasteiger partial charge on any atom is 0.240 e. The molecule has 1 aromatic heterocycles. The third-order valence-corrected chi connectivity index (χ3v) is 5.50. The Bertz CT molecular complexity index is 866. The zero-order chi connectivity index (χ0) is 17.3. The monoisotopic (exact) mass is 345 g/mol. The summed E-state index contributed by atoms with van der Waals surface area (Å²) in [6.45, 7) is 3.66. The molecule has 1 atom stereocenters. The van der Waals surface area contributed by atoms with Crippen LogP contribution in [0.25, 0.3) is 0 Å². The summed E-state index contributed by atoms with van der Waals surface area (Å²) in [6, 6.07) is 8.51. The van der Waals surface area contributed by atoms with Gasteiger partial charge in [-0.3, -0.25) is 9.78 Å². The smallest absolute Gasteiger partial charge is 0.240 e. The molecule has 1 aliphatic heterocycles. The number of carbonyl (C=O) groups is 1. The second kappa shape index (κ2) is 6.33. The van der Waals surface area contributed by atoms with Crippen molar-refractivity contribution in [3.05, 3.63) is 53.9 Å². The van der Waals surface area contributed by atoms with E-state index in [0.29, 0.717) is 6.42 Å². The first-order valence-electron chi connectivity index (χ1n) is 7.70. The standard InChI is InChI=1S/C17H19N3O3S/c1-12-8-15-9-16(5-6-17(15)20(12)13(2)21)24(22,23)19-11-14-4-3-7-18-10-14/h3-7,9-10,12,19H,8,11H2,1-2H3. The molecule has 1 unspecified atom stereocenters. The van der Waals surface area contributed by atoms with Gasteiger partial charge in [0, 0.05) is 37.6 Å². The predicted molar refractivity (Wildman–Crippen MR) is 91.0 cm³/mol. The van der Waals surface area contributed by atoms with Crippen LogP contribution in [-0.2, 0) is 27.8 Å². The third kappa shape index (κ3) is 3.18. The van der Waals surface area contributed by atoms with Crippen molar-refractivity contribution >= 4 is 21.6 Å². The lowest BCUT2D eigenvalue weighted by atomic mass is 10.1. The Kier molecular flexibility index (Phi) is 4.38. The average Bonchev–Trinajstić information content (AvgIpc) is 2.89. The van der Waals surface area contributed by atoms with Crippen LogP contribution in [0, 0.1) is 0 Å². The molecule has 3 rings (SSSR count).